The molecule has 5 heteroatoms. The number of nitrogens with one attached hydrogen (secondary N) is 1. The van der Waals surface area contributed by atoms with Gasteiger partial charge in [0, 0.05) is 22.3 Å². The highest BCUT2D eigenvalue weighted by Gasteiger charge is 2.18. The number of aryl methyl sites for hydroxylation is 1. The zero-order chi connectivity index (χ0) is 17.8. The summed E-state index contributed by atoms with van der Waals surface area (Å²) in [4.78, 5) is 4.38. The molecule has 0 bridgehead atoms. The number of hydrogen-bond donors (Lipinski definition) is 1. The fourth-order valence-corrected chi connectivity index (χ4v) is 3.35. The van der Waals surface area contributed by atoms with Crippen LogP contribution in [0.1, 0.15) is 35.7 Å². The van der Waals surface area contributed by atoms with Crippen LogP contribution in [0.3, 0.4) is 0 Å². The quantitative estimate of drug-likeness (QED) is 0.613. The van der Waals surface area contributed by atoms with Gasteiger partial charge in [-0.25, -0.2) is 4.39 Å². The lowest BCUT2D eigenvalue weighted by molar-refractivity contribution is 0.325. The third kappa shape index (κ3) is 4.07. The van der Waals surface area contributed by atoms with Crippen LogP contribution in [0.25, 0.3) is 6.08 Å². The Balaban J connectivity index is 1.79. The molecule has 1 heterocycles. The summed E-state index contributed by atoms with van der Waals surface area (Å²) >= 11 is 6.30. The zero-order valence-corrected chi connectivity index (χ0v) is 14.8. The molecule has 25 heavy (non-hydrogen) atoms. The Kier molecular flexibility index (Phi) is 5.49. The van der Waals surface area contributed by atoms with E-state index in [2.05, 4.69) is 17.1 Å². The van der Waals surface area contributed by atoms with Crippen LogP contribution < -0.4 is 0 Å². The molecule has 1 aliphatic rings. The standard InChI is InChI=1S/C20H20ClFN2O/c1-2-25-20(23)15-11-17(21)16(18(22)12-15)10-13-5-7-14-4-3-9-24-19(14)8-6-13/h3-4,6,8-9,11-13,23H,2,5,7,10H2,1H3. The predicted octanol–water partition coefficient (Wildman–Crippen LogP) is 5.05. The van der Waals surface area contributed by atoms with E-state index in [0.29, 0.717) is 29.2 Å². The van der Waals surface area contributed by atoms with Crippen molar-refractivity contribution in [2.75, 3.05) is 6.61 Å². The van der Waals surface area contributed by atoms with E-state index >= 15 is 0 Å². The van der Waals surface area contributed by atoms with Crippen molar-refractivity contribution in [2.45, 2.75) is 26.2 Å². The van der Waals surface area contributed by atoms with Crippen molar-refractivity contribution in [3.05, 3.63) is 69.8 Å². The fourth-order valence-electron chi connectivity index (χ4n) is 3.07. The van der Waals surface area contributed by atoms with Crippen LogP contribution in [0.2, 0.25) is 5.02 Å². The van der Waals surface area contributed by atoms with Crippen LogP contribution in [-0.2, 0) is 17.6 Å². The second kappa shape index (κ2) is 7.79. The molecular weight excluding hydrogens is 339 g/mol. The minimum absolute atomic E-state index is 0.0641. The monoisotopic (exact) mass is 358 g/mol. The highest BCUT2D eigenvalue weighted by atomic mass is 35.5. The number of allylic oxidation sites excluding steroid dienone is 1. The first kappa shape index (κ1) is 17.6. The summed E-state index contributed by atoms with van der Waals surface area (Å²) in [5, 5.41) is 8.12. The third-order valence-corrected chi connectivity index (χ3v) is 4.73. The Morgan fingerprint density at radius 2 is 2.28 bits per heavy atom. The van der Waals surface area contributed by atoms with Crippen molar-refractivity contribution in [2.24, 2.45) is 5.92 Å². The normalized spacial score (nSPS) is 16.2. The summed E-state index contributed by atoms with van der Waals surface area (Å²) < 4.78 is 19.7. The van der Waals surface area contributed by atoms with Crippen molar-refractivity contribution in [1.82, 2.24) is 4.98 Å². The lowest BCUT2D eigenvalue weighted by atomic mass is 9.93. The molecule has 0 amide bonds. The van der Waals surface area contributed by atoms with E-state index in [4.69, 9.17) is 21.7 Å². The summed E-state index contributed by atoms with van der Waals surface area (Å²) in [7, 11) is 0. The lowest BCUT2D eigenvalue weighted by Gasteiger charge is -2.15. The summed E-state index contributed by atoms with van der Waals surface area (Å²) in [5.74, 6) is -0.260. The van der Waals surface area contributed by atoms with Crippen LogP contribution in [0.4, 0.5) is 4.39 Å². The van der Waals surface area contributed by atoms with E-state index in [1.807, 2.05) is 12.1 Å². The van der Waals surface area contributed by atoms with Crippen LogP contribution in [0.15, 0.2) is 36.5 Å². The molecule has 3 nitrogen and oxygen atoms in total. The lowest BCUT2D eigenvalue weighted by Crippen LogP contribution is -2.09. The maximum atomic E-state index is 14.6. The molecule has 0 radical (unpaired) electrons. The number of benzene rings is 1. The Hall–Kier alpha value is -2.20. The van der Waals surface area contributed by atoms with Crippen LogP contribution in [-0.4, -0.2) is 17.5 Å². The zero-order valence-electron chi connectivity index (χ0n) is 14.1. The van der Waals surface area contributed by atoms with E-state index in [1.165, 1.54) is 11.6 Å². The van der Waals surface area contributed by atoms with Crippen LogP contribution >= 0.6 is 11.6 Å². The molecule has 1 N–H and O–H groups in total. The van der Waals surface area contributed by atoms with Crippen molar-refractivity contribution >= 4 is 23.6 Å². The molecule has 0 spiro atoms. The molecule has 1 unspecified atom stereocenters. The topological polar surface area (TPSA) is 46.0 Å². The number of ether oxygens (including phenoxy) is 1. The number of fused-ring (bicyclic) bond motifs is 1. The maximum Gasteiger partial charge on any atom is 0.213 e. The van der Waals surface area contributed by atoms with Gasteiger partial charge in [0.2, 0.25) is 5.90 Å². The Morgan fingerprint density at radius 3 is 3.04 bits per heavy atom. The third-order valence-electron chi connectivity index (χ3n) is 4.40. The van der Waals surface area contributed by atoms with E-state index in [1.54, 1.807) is 19.2 Å². The van der Waals surface area contributed by atoms with Gasteiger partial charge in [-0.2, -0.15) is 0 Å². The molecule has 0 fully saturated rings. The van der Waals surface area contributed by atoms with E-state index in [0.717, 1.165) is 18.5 Å². The van der Waals surface area contributed by atoms with Gasteiger partial charge >= 0.3 is 0 Å². The molecule has 130 valence electrons. The van der Waals surface area contributed by atoms with Gasteiger partial charge < -0.3 is 4.74 Å². The summed E-state index contributed by atoms with van der Waals surface area (Å²) in [6.45, 7) is 2.15. The minimum atomic E-state index is -0.389. The predicted molar refractivity (Wildman–Crippen MR) is 98.7 cm³/mol. The van der Waals surface area contributed by atoms with Crippen molar-refractivity contribution in [3.63, 3.8) is 0 Å². The second-order valence-corrected chi connectivity index (χ2v) is 6.50. The molecule has 3 rings (SSSR count). The number of halogens is 2. The Morgan fingerprint density at radius 1 is 1.44 bits per heavy atom. The smallest absolute Gasteiger partial charge is 0.213 e. The molecular formula is C20H20ClFN2O. The minimum Gasteiger partial charge on any atom is -0.478 e. The van der Waals surface area contributed by atoms with Gasteiger partial charge in [0.05, 0.1) is 12.3 Å². The molecule has 1 aromatic heterocycles. The molecule has 0 aliphatic heterocycles. The van der Waals surface area contributed by atoms with Crippen molar-refractivity contribution in [3.8, 4) is 0 Å². The molecule has 1 aliphatic carbocycles. The number of aromatic nitrogens is 1. The van der Waals surface area contributed by atoms with Crippen LogP contribution in [0.5, 0.6) is 0 Å². The number of hydrogen-bond acceptors (Lipinski definition) is 3. The van der Waals surface area contributed by atoms with Gasteiger partial charge in [0.15, 0.2) is 0 Å². The summed E-state index contributed by atoms with van der Waals surface area (Å²) in [6, 6.07) is 6.96. The van der Waals surface area contributed by atoms with Gasteiger partial charge in [-0.3, -0.25) is 10.4 Å². The highest BCUT2D eigenvalue weighted by molar-refractivity contribution is 6.31. The first-order chi connectivity index (χ1) is 12.1. The average molecular weight is 359 g/mol. The molecule has 0 saturated carbocycles. The first-order valence-corrected chi connectivity index (χ1v) is 8.78. The number of nitrogens with zero attached hydrogens (tertiary/aromatic N) is 1. The number of pyridine rings is 1. The van der Waals surface area contributed by atoms with Crippen molar-refractivity contribution in [1.29, 1.82) is 5.41 Å². The van der Waals surface area contributed by atoms with Crippen LogP contribution in [0, 0.1) is 17.1 Å². The SMILES string of the molecule is CCOC(=N)c1cc(F)c(CC2C=Cc3ncccc3CC2)c(Cl)c1. The van der Waals surface area contributed by atoms with Gasteiger partial charge in [-0.15, -0.1) is 0 Å². The first-order valence-electron chi connectivity index (χ1n) is 8.40. The molecule has 1 aromatic carbocycles. The van der Waals surface area contributed by atoms with Crippen molar-refractivity contribution < 1.29 is 9.13 Å². The second-order valence-electron chi connectivity index (χ2n) is 6.09. The molecule has 2 aromatic rings. The molecule has 1 atom stereocenters. The highest BCUT2D eigenvalue weighted by Crippen LogP contribution is 2.29. The number of rotatable bonds is 4. The maximum absolute atomic E-state index is 14.6. The summed E-state index contributed by atoms with van der Waals surface area (Å²) in [6.07, 6.45) is 8.24. The van der Waals surface area contributed by atoms with Gasteiger partial charge in [0.25, 0.3) is 0 Å². The van der Waals surface area contributed by atoms with E-state index in [-0.39, 0.29) is 17.6 Å². The summed E-state index contributed by atoms with van der Waals surface area (Å²) in [5.41, 5.74) is 3.05. The van der Waals surface area contributed by atoms with Gasteiger partial charge in [-0.05, 0) is 61.9 Å². The largest absolute Gasteiger partial charge is 0.478 e. The van der Waals surface area contributed by atoms with Gasteiger partial charge in [-0.1, -0.05) is 23.7 Å². The van der Waals surface area contributed by atoms with E-state index in [9.17, 15) is 4.39 Å². The Labute approximate surface area is 152 Å². The Bertz CT molecular complexity index is 796. The van der Waals surface area contributed by atoms with Gasteiger partial charge in [0.1, 0.15) is 5.82 Å². The average Bonchev–Trinajstić information content (AvgIpc) is 2.80. The van der Waals surface area contributed by atoms with E-state index < -0.39 is 0 Å². The molecule has 0 saturated heterocycles. The fraction of sp³-hybridized carbons (Fsp3) is 0.300.